The quantitative estimate of drug-likeness (QED) is 0.811. The first-order chi connectivity index (χ1) is 8.86. The molecule has 0 amide bonds. The van der Waals surface area contributed by atoms with Gasteiger partial charge in [-0.25, -0.2) is 4.39 Å². The molecule has 0 radical (unpaired) electrons. The number of anilines is 1. The third-order valence-corrected chi connectivity index (χ3v) is 4.42. The summed E-state index contributed by atoms with van der Waals surface area (Å²) in [5.74, 6) is -0.575. The largest absolute Gasteiger partial charge is 0.381 e. The molecule has 2 unspecified atom stereocenters. The Kier molecular flexibility index (Phi) is 4.29. The number of halogens is 3. The van der Waals surface area contributed by atoms with E-state index in [0.29, 0.717) is 0 Å². The monoisotopic (exact) mass is 305 g/mol. The first kappa shape index (κ1) is 14.9. The van der Waals surface area contributed by atoms with E-state index < -0.39 is 5.82 Å². The maximum Gasteiger partial charge on any atom is 0.160 e. The highest BCUT2D eigenvalue weighted by Crippen LogP contribution is 2.44. The molecule has 2 rings (SSSR count). The molecule has 1 aliphatic carbocycles. The molecule has 0 spiro atoms. The minimum atomic E-state index is -0.575. The van der Waals surface area contributed by atoms with Crippen LogP contribution in [0, 0.1) is 11.2 Å². The van der Waals surface area contributed by atoms with Gasteiger partial charge in [0.2, 0.25) is 0 Å². The smallest absolute Gasteiger partial charge is 0.160 e. The molecule has 1 saturated carbocycles. The summed E-state index contributed by atoms with van der Waals surface area (Å²) in [4.78, 5) is 0. The number of hydrogen-bond donors (Lipinski definition) is 1. The molecule has 1 N–H and O–H groups in total. The van der Waals surface area contributed by atoms with Gasteiger partial charge in [-0.3, -0.25) is 0 Å². The van der Waals surface area contributed by atoms with Crippen molar-refractivity contribution in [2.75, 3.05) is 11.9 Å². The highest BCUT2D eigenvalue weighted by Gasteiger charge is 2.48. The highest BCUT2D eigenvalue weighted by atomic mass is 35.5. The van der Waals surface area contributed by atoms with Gasteiger partial charge in [-0.2, -0.15) is 0 Å². The standard InChI is InChI=1S/C14H18Cl2FNO/c1-4-19-12-7-11(14(12,2)3)18-8-5-9(15)13(17)10(16)6-8/h5-6,11-12,18H,4,7H2,1-3H3. The SMILES string of the molecule is CCOC1CC(Nc2cc(Cl)c(F)c(Cl)c2)C1(C)C. The average molecular weight is 306 g/mol. The summed E-state index contributed by atoms with van der Waals surface area (Å²) in [6, 6.07) is 3.39. The zero-order valence-corrected chi connectivity index (χ0v) is 12.8. The predicted octanol–water partition coefficient (Wildman–Crippen LogP) is 4.75. The van der Waals surface area contributed by atoms with Crippen molar-refractivity contribution in [2.45, 2.75) is 39.3 Å². The van der Waals surface area contributed by atoms with Crippen LogP contribution < -0.4 is 5.32 Å². The maximum absolute atomic E-state index is 13.3. The van der Waals surface area contributed by atoms with Crippen LogP contribution in [0.1, 0.15) is 27.2 Å². The lowest BCUT2D eigenvalue weighted by molar-refractivity contribution is -0.0975. The summed E-state index contributed by atoms with van der Waals surface area (Å²) in [7, 11) is 0. The van der Waals surface area contributed by atoms with E-state index in [-0.39, 0.29) is 27.6 Å². The number of hydrogen-bond acceptors (Lipinski definition) is 2. The van der Waals surface area contributed by atoms with E-state index in [1.54, 1.807) is 12.1 Å². The van der Waals surface area contributed by atoms with Crippen LogP contribution in [-0.4, -0.2) is 18.8 Å². The number of ether oxygens (including phenoxy) is 1. The van der Waals surface area contributed by atoms with Gasteiger partial charge < -0.3 is 10.1 Å². The summed E-state index contributed by atoms with van der Waals surface area (Å²) in [6.07, 6.45) is 1.18. The predicted molar refractivity (Wildman–Crippen MR) is 77.6 cm³/mol. The molecule has 2 nitrogen and oxygen atoms in total. The van der Waals surface area contributed by atoms with Crippen LogP contribution >= 0.6 is 23.2 Å². The summed E-state index contributed by atoms with van der Waals surface area (Å²) < 4.78 is 19.0. The highest BCUT2D eigenvalue weighted by molar-refractivity contribution is 6.35. The Balaban J connectivity index is 2.07. The Morgan fingerprint density at radius 2 is 1.95 bits per heavy atom. The number of rotatable bonds is 4. The van der Waals surface area contributed by atoms with Crippen molar-refractivity contribution in [1.29, 1.82) is 0 Å². The lowest BCUT2D eigenvalue weighted by Crippen LogP contribution is -2.58. The fourth-order valence-corrected chi connectivity index (χ4v) is 2.94. The first-order valence-electron chi connectivity index (χ1n) is 6.39. The van der Waals surface area contributed by atoms with Crippen molar-refractivity contribution < 1.29 is 9.13 Å². The third kappa shape index (κ3) is 2.83. The molecule has 0 aromatic heterocycles. The summed E-state index contributed by atoms with van der Waals surface area (Å²) in [6.45, 7) is 7.02. The minimum Gasteiger partial charge on any atom is -0.381 e. The van der Waals surface area contributed by atoms with Crippen molar-refractivity contribution >= 4 is 28.9 Å². The summed E-state index contributed by atoms with van der Waals surface area (Å²) in [5.41, 5.74) is 0.771. The van der Waals surface area contributed by atoms with Gasteiger partial charge in [-0.1, -0.05) is 37.0 Å². The third-order valence-electron chi connectivity index (χ3n) is 3.87. The van der Waals surface area contributed by atoms with Crippen molar-refractivity contribution in [2.24, 2.45) is 5.41 Å². The zero-order chi connectivity index (χ0) is 14.2. The molecule has 0 saturated heterocycles. The van der Waals surface area contributed by atoms with E-state index in [0.717, 1.165) is 18.7 Å². The van der Waals surface area contributed by atoms with Gasteiger partial charge in [0, 0.05) is 23.8 Å². The maximum atomic E-state index is 13.3. The summed E-state index contributed by atoms with van der Waals surface area (Å²) in [5, 5.41) is 3.42. The van der Waals surface area contributed by atoms with Gasteiger partial charge in [-0.15, -0.1) is 0 Å². The molecule has 1 fully saturated rings. The lowest BCUT2D eigenvalue weighted by atomic mass is 9.64. The topological polar surface area (TPSA) is 21.3 Å². The molecule has 0 heterocycles. The van der Waals surface area contributed by atoms with Gasteiger partial charge in [0.15, 0.2) is 5.82 Å². The molecular weight excluding hydrogens is 288 g/mol. The molecule has 106 valence electrons. The van der Waals surface area contributed by atoms with Crippen LogP contribution in [-0.2, 0) is 4.74 Å². The Morgan fingerprint density at radius 1 is 1.37 bits per heavy atom. The van der Waals surface area contributed by atoms with Gasteiger partial charge in [0.1, 0.15) is 0 Å². The van der Waals surface area contributed by atoms with Crippen LogP contribution in [0.15, 0.2) is 12.1 Å². The molecule has 1 aliphatic rings. The molecule has 1 aromatic carbocycles. The molecule has 5 heteroatoms. The van der Waals surface area contributed by atoms with E-state index in [9.17, 15) is 4.39 Å². The van der Waals surface area contributed by atoms with E-state index in [1.165, 1.54) is 0 Å². The minimum absolute atomic E-state index is 0.0311. The van der Waals surface area contributed by atoms with Crippen molar-refractivity contribution in [1.82, 2.24) is 0 Å². The molecule has 0 aliphatic heterocycles. The van der Waals surface area contributed by atoms with Crippen LogP contribution in [0.5, 0.6) is 0 Å². The molecular formula is C14H18Cl2FNO. The zero-order valence-electron chi connectivity index (χ0n) is 11.3. The van der Waals surface area contributed by atoms with Gasteiger partial charge >= 0.3 is 0 Å². The average Bonchev–Trinajstić information content (AvgIpc) is 2.34. The second-order valence-corrected chi connectivity index (χ2v) is 6.27. The van der Waals surface area contributed by atoms with Crippen LogP contribution in [0.2, 0.25) is 10.0 Å². The van der Waals surface area contributed by atoms with Crippen molar-refractivity contribution in [3.05, 3.63) is 28.0 Å². The second kappa shape index (κ2) is 5.47. The van der Waals surface area contributed by atoms with Gasteiger partial charge in [0.25, 0.3) is 0 Å². The first-order valence-corrected chi connectivity index (χ1v) is 7.14. The Morgan fingerprint density at radius 3 is 2.42 bits per heavy atom. The number of nitrogens with one attached hydrogen (secondary N) is 1. The number of benzene rings is 1. The van der Waals surface area contributed by atoms with E-state index in [2.05, 4.69) is 19.2 Å². The fourth-order valence-electron chi connectivity index (χ4n) is 2.45. The Labute approximate surface area is 123 Å². The van der Waals surface area contributed by atoms with E-state index in [4.69, 9.17) is 27.9 Å². The Bertz CT molecular complexity index is 456. The Hall–Kier alpha value is -0.510. The van der Waals surface area contributed by atoms with Crippen LogP contribution in [0.25, 0.3) is 0 Å². The van der Waals surface area contributed by atoms with Crippen LogP contribution in [0.3, 0.4) is 0 Å². The van der Waals surface area contributed by atoms with Gasteiger partial charge in [0.05, 0.1) is 16.1 Å². The van der Waals surface area contributed by atoms with E-state index >= 15 is 0 Å². The van der Waals surface area contributed by atoms with Crippen LogP contribution in [0.4, 0.5) is 10.1 Å². The molecule has 1 aromatic rings. The van der Waals surface area contributed by atoms with E-state index in [1.807, 2.05) is 6.92 Å². The van der Waals surface area contributed by atoms with Crippen molar-refractivity contribution in [3.8, 4) is 0 Å². The second-order valence-electron chi connectivity index (χ2n) is 5.45. The van der Waals surface area contributed by atoms with Crippen molar-refractivity contribution in [3.63, 3.8) is 0 Å². The lowest BCUT2D eigenvalue weighted by Gasteiger charge is -2.52. The fraction of sp³-hybridized carbons (Fsp3) is 0.571. The van der Waals surface area contributed by atoms with Gasteiger partial charge in [-0.05, 0) is 25.5 Å². The normalized spacial score (nSPS) is 24.9. The molecule has 0 bridgehead atoms. The summed E-state index contributed by atoms with van der Waals surface area (Å²) >= 11 is 11.6. The molecule has 2 atom stereocenters. The molecule has 19 heavy (non-hydrogen) atoms.